The van der Waals surface area contributed by atoms with Gasteiger partial charge < -0.3 is 5.32 Å². The number of nitrogens with one attached hydrogen (secondary N) is 1. The van der Waals surface area contributed by atoms with Crippen molar-refractivity contribution in [2.45, 2.75) is 19.1 Å². The molecule has 1 nitrogen and oxygen atoms in total. The van der Waals surface area contributed by atoms with E-state index in [0.717, 1.165) is 20.3 Å². The molecule has 0 saturated heterocycles. The normalized spacial score (nSPS) is 13.5. The molecule has 0 aliphatic rings. The van der Waals surface area contributed by atoms with Crippen molar-refractivity contribution in [1.82, 2.24) is 5.32 Å². The molecule has 1 atom stereocenters. The van der Waals surface area contributed by atoms with Crippen LogP contribution < -0.4 is 5.32 Å². The third-order valence-electron chi connectivity index (χ3n) is 3.08. The van der Waals surface area contributed by atoms with Crippen molar-refractivity contribution in [2.75, 3.05) is 7.05 Å². The Labute approximate surface area is 128 Å². The molecule has 1 unspecified atom stereocenters. The van der Waals surface area contributed by atoms with Crippen molar-refractivity contribution in [3.8, 4) is 0 Å². The fraction of sp³-hybridized carbons (Fsp3) is 0.286. The fourth-order valence-electron chi connectivity index (χ4n) is 2.11. The molecule has 20 heavy (non-hydrogen) atoms. The molecule has 1 heterocycles. The number of alkyl halides is 3. The van der Waals surface area contributed by atoms with Gasteiger partial charge in [-0.25, -0.2) is 0 Å². The molecule has 0 spiro atoms. The minimum Gasteiger partial charge on any atom is -0.309 e. The summed E-state index contributed by atoms with van der Waals surface area (Å²) < 4.78 is 39.1. The second kappa shape index (κ2) is 5.87. The van der Waals surface area contributed by atoms with Crippen LogP contribution in [0.1, 0.15) is 27.6 Å². The summed E-state index contributed by atoms with van der Waals surface area (Å²) >= 11 is 4.97. The van der Waals surface area contributed by atoms with E-state index in [1.165, 1.54) is 6.07 Å². The summed E-state index contributed by atoms with van der Waals surface area (Å²) in [5.74, 6) is 0. The van der Waals surface area contributed by atoms with Crippen molar-refractivity contribution < 1.29 is 13.2 Å². The number of halogens is 4. The quantitative estimate of drug-likeness (QED) is 0.795. The topological polar surface area (TPSA) is 12.0 Å². The highest BCUT2D eigenvalue weighted by molar-refractivity contribution is 9.11. The predicted molar refractivity (Wildman–Crippen MR) is 79.1 cm³/mol. The SMILES string of the molecule is CNC(c1ccc(Br)s1)c1ccc(C(F)(F)F)cc1C. The first-order valence-corrected chi connectivity index (χ1v) is 7.54. The zero-order valence-corrected chi connectivity index (χ0v) is 13.3. The van der Waals surface area contributed by atoms with Gasteiger partial charge in [-0.3, -0.25) is 0 Å². The van der Waals surface area contributed by atoms with Gasteiger partial charge in [0, 0.05) is 4.88 Å². The maximum Gasteiger partial charge on any atom is 0.416 e. The lowest BCUT2D eigenvalue weighted by molar-refractivity contribution is -0.137. The lowest BCUT2D eigenvalue weighted by Gasteiger charge is -2.19. The highest BCUT2D eigenvalue weighted by Crippen LogP contribution is 2.35. The zero-order valence-electron chi connectivity index (χ0n) is 10.9. The fourth-order valence-corrected chi connectivity index (χ4v) is 3.66. The highest BCUT2D eigenvalue weighted by atomic mass is 79.9. The molecular formula is C14H13BrF3NS. The van der Waals surface area contributed by atoms with Gasteiger partial charge in [0.15, 0.2) is 0 Å². The summed E-state index contributed by atoms with van der Waals surface area (Å²) in [6.07, 6.45) is -4.30. The number of hydrogen-bond acceptors (Lipinski definition) is 2. The van der Waals surface area contributed by atoms with E-state index in [2.05, 4.69) is 21.2 Å². The van der Waals surface area contributed by atoms with Crippen molar-refractivity contribution in [2.24, 2.45) is 0 Å². The standard InChI is InChI=1S/C14H13BrF3NS/c1-8-7-9(14(16,17)18)3-4-10(8)13(19-2)11-5-6-12(15)20-11/h3-7,13,19H,1-2H3. The van der Waals surface area contributed by atoms with Gasteiger partial charge in [-0.15, -0.1) is 11.3 Å². The average molecular weight is 364 g/mol. The first kappa shape index (κ1) is 15.5. The van der Waals surface area contributed by atoms with E-state index < -0.39 is 11.7 Å². The van der Waals surface area contributed by atoms with Crippen molar-refractivity contribution in [3.05, 3.63) is 55.7 Å². The minimum atomic E-state index is -4.30. The summed E-state index contributed by atoms with van der Waals surface area (Å²) in [6.45, 7) is 1.71. The van der Waals surface area contributed by atoms with Crippen LogP contribution in [0.5, 0.6) is 0 Å². The smallest absolute Gasteiger partial charge is 0.309 e. The third-order valence-corrected chi connectivity index (χ3v) is 4.76. The lowest BCUT2D eigenvalue weighted by atomic mass is 9.97. The zero-order chi connectivity index (χ0) is 14.9. The Hall–Kier alpha value is -0.850. The van der Waals surface area contributed by atoms with E-state index in [9.17, 15) is 13.2 Å². The van der Waals surface area contributed by atoms with Crippen LogP contribution in [0.25, 0.3) is 0 Å². The maximum atomic E-state index is 12.7. The van der Waals surface area contributed by atoms with Crippen molar-refractivity contribution in [1.29, 1.82) is 0 Å². The van der Waals surface area contributed by atoms with Crippen LogP contribution in [0.4, 0.5) is 13.2 Å². The number of aryl methyl sites for hydroxylation is 1. The van der Waals surface area contributed by atoms with Crippen LogP contribution in [-0.4, -0.2) is 7.05 Å². The maximum absolute atomic E-state index is 12.7. The molecule has 1 aromatic carbocycles. The van der Waals surface area contributed by atoms with Crippen LogP contribution in [0.2, 0.25) is 0 Å². The molecule has 0 aliphatic carbocycles. The number of rotatable bonds is 3. The van der Waals surface area contributed by atoms with E-state index in [1.807, 2.05) is 12.1 Å². The average Bonchev–Trinajstić information content (AvgIpc) is 2.77. The van der Waals surface area contributed by atoms with Gasteiger partial charge in [-0.2, -0.15) is 13.2 Å². The van der Waals surface area contributed by atoms with Gasteiger partial charge in [0.2, 0.25) is 0 Å². The minimum absolute atomic E-state index is 0.103. The molecule has 0 fully saturated rings. The van der Waals surface area contributed by atoms with Gasteiger partial charge in [-0.1, -0.05) is 6.07 Å². The molecular weight excluding hydrogens is 351 g/mol. The first-order chi connectivity index (χ1) is 9.32. The number of hydrogen-bond donors (Lipinski definition) is 1. The van der Waals surface area contributed by atoms with E-state index in [4.69, 9.17) is 0 Å². The van der Waals surface area contributed by atoms with Gasteiger partial charge in [0.05, 0.1) is 15.4 Å². The number of benzene rings is 1. The highest BCUT2D eigenvalue weighted by Gasteiger charge is 2.31. The molecule has 0 saturated carbocycles. The van der Waals surface area contributed by atoms with Gasteiger partial charge in [-0.05, 0) is 65.3 Å². The van der Waals surface area contributed by atoms with E-state index in [-0.39, 0.29) is 6.04 Å². The molecule has 2 aromatic rings. The monoisotopic (exact) mass is 363 g/mol. The Balaban J connectivity index is 2.41. The third kappa shape index (κ3) is 3.24. The molecule has 108 valence electrons. The molecule has 1 aromatic heterocycles. The molecule has 0 bridgehead atoms. The summed E-state index contributed by atoms with van der Waals surface area (Å²) in [5.41, 5.74) is 0.875. The largest absolute Gasteiger partial charge is 0.416 e. The lowest BCUT2D eigenvalue weighted by Crippen LogP contribution is -2.18. The number of thiophene rings is 1. The Morgan fingerprint density at radius 2 is 1.90 bits per heavy atom. The van der Waals surface area contributed by atoms with Crippen LogP contribution in [0, 0.1) is 6.92 Å². The second-order valence-electron chi connectivity index (χ2n) is 4.43. The van der Waals surface area contributed by atoms with Crippen LogP contribution in [-0.2, 0) is 6.18 Å². The molecule has 0 amide bonds. The van der Waals surface area contributed by atoms with Gasteiger partial charge in [0.25, 0.3) is 0 Å². The first-order valence-electron chi connectivity index (χ1n) is 5.93. The molecule has 0 aliphatic heterocycles. The van der Waals surface area contributed by atoms with Crippen molar-refractivity contribution in [3.63, 3.8) is 0 Å². The Kier molecular flexibility index (Phi) is 4.56. The Morgan fingerprint density at radius 1 is 1.20 bits per heavy atom. The summed E-state index contributed by atoms with van der Waals surface area (Å²) in [6, 6.07) is 7.68. The van der Waals surface area contributed by atoms with Crippen LogP contribution >= 0.6 is 27.3 Å². The Morgan fingerprint density at radius 3 is 2.35 bits per heavy atom. The van der Waals surface area contributed by atoms with Crippen molar-refractivity contribution >= 4 is 27.3 Å². The Bertz CT molecular complexity index is 607. The van der Waals surface area contributed by atoms with Gasteiger partial charge in [0.1, 0.15) is 0 Å². The summed E-state index contributed by atoms with van der Waals surface area (Å²) in [7, 11) is 1.80. The molecule has 6 heteroatoms. The van der Waals surface area contributed by atoms with Crippen LogP contribution in [0.15, 0.2) is 34.1 Å². The predicted octanol–water partition coefficient (Wildman–Crippen LogP) is 5.15. The van der Waals surface area contributed by atoms with E-state index in [0.29, 0.717) is 5.56 Å². The molecule has 2 rings (SSSR count). The molecule has 1 N–H and O–H groups in total. The van der Waals surface area contributed by atoms with Crippen LogP contribution in [0.3, 0.4) is 0 Å². The summed E-state index contributed by atoms with van der Waals surface area (Å²) in [5, 5.41) is 3.16. The van der Waals surface area contributed by atoms with E-state index >= 15 is 0 Å². The molecule has 0 radical (unpaired) electrons. The van der Waals surface area contributed by atoms with E-state index in [1.54, 1.807) is 31.4 Å². The second-order valence-corrected chi connectivity index (χ2v) is 6.93. The van der Waals surface area contributed by atoms with Gasteiger partial charge >= 0.3 is 6.18 Å². The summed E-state index contributed by atoms with van der Waals surface area (Å²) in [4.78, 5) is 1.06.